The van der Waals surface area contributed by atoms with Gasteiger partial charge >= 0.3 is 0 Å². The van der Waals surface area contributed by atoms with Crippen LogP contribution < -0.4 is 10.6 Å². The molecule has 0 aliphatic heterocycles. The van der Waals surface area contributed by atoms with Crippen molar-refractivity contribution in [1.29, 1.82) is 0 Å². The van der Waals surface area contributed by atoms with Crippen molar-refractivity contribution in [3.05, 3.63) is 46.3 Å². The molecule has 1 saturated carbocycles. The van der Waals surface area contributed by atoms with Crippen LogP contribution in [0, 0.1) is 5.82 Å². The van der Waals surface area contributed by atoms with Gasteiger partial charge in [-0.3, -0.25) is 4.79 Å². The van der Waals surface area contributed by atoms with Crippen LogP contribution in [-0.2, 0) is 0 Å². The molecule has 29 heavy (non-hydrogen) atoms. The van der Waals surface area contributed by atoms with Gasteiger partial charge < -0.3 is 15.6 Å². The number of imidazole rings is 1. The average molecular weight is 421 g/mol. The first-order valence-corrected chi connectivity index (χ1v) is 10.2. The Morgan fingerprint density at radius 3 is 2.76 bits per heavy atom. The van der Waals surface area contributed by atoms with Gasteiger partial charge in [0, 0.05) is 17.1 Å². The summed E-state index contributed by atoms with van der Waals surface area (Å²) in [5.41, 5.74) is 1.34. The zero-order chi connectivity index (χ0) is 20.5. The predicted molar refractivity (Wildman–Crippen MR) is 110 cm³/mol. The van der Waals surface area contributed by atoms with Crippen molar-refractivity contribution >= 4 is 34.5 Å². The second kappa shape index (κ2) is 8.14. The third-order valence-electron chi connectivity index (χ3n) is 5.58. The van der Waals surface area contributed by atoms with Crippen molar-refractivity contribution in [1.82, 2.24) is 15.3 Å². The third kappa shape index (κ3) is 4.15. The smallest absolute Gasteiger partial charge is 0.254 e. The summed E-state index contributed by atoms with van der Waals surface area (Å²) in [5.74, 6) is -0.798. The summed E-state index contributed by atoms with van der Waals surface area (Å²) in [6, 6.07) is 1.96. The number of amides is 1. The number of hydrogen-bond acceptors (Lipinski definition) is 3. The first-order chi connectivity index (χ1) is 13.9. The Kier molecular flexibility index (Phi) is 5.58. The summed E-state index contributed by atoms with van der Waals surface area (Å²) in [4.78, 5) is 19.8. The zero-order valence-electron chi connectivity index (χ0n) is 16.1. The second-order valence-electron chi connectivity index (χ2n) is 7.73. The molecule has 2 aliphatic rings. The van der Waals surface area contributed by atoms with E-state index in [9.17, 15) is 13.6 Å². The van der Waals surface area contributed by atoms with E-state index in [1.165, 1.54) is 18.6 Å². The minimum absolute atomic E-state index is 0.0427. The largest absolute Gasteiger partial charge is 0.349 e. The lowest BCUT2D eigenvalue weighted by molar-refractivity contribution is 0.0924. The maximum atomic E-state index is 14.5. The Bertz CT molecular complexity index is 994. The van der Waals surface area contributed by atoms with Crippen LogP contribution in [0.5, 0.6) is 0 Å². The Morgan fingerprint density at radius 1 is 1.24 bits per heavy atom. The fraction of sp³-hybridized carbons (Fsp3) is 0.429. The van der Waals surface area contributed by atoms with E-state index in [1.54, 1.807) is 19.1 Å². The summed E-state index contributed by atoms with van der Waals surface area (Å²) in [7, 11) is 0. The number of nitrogens with one attached hydrogen (secondary N) is 3. The van der Waals surface area contributed by atoms with Crippen LogP contribution in [0.15, 0.2) is 34.9 Å². The molecule has 1 fully saturated rings. The Hall–Kier alpha value is -2.41. The quantitative estimate of drug-likeness (QED) is 0.654. The molecule has 0 saturated heterocycles. The summed E-state index contributed by atoms with van der Waals surface area (Å²) < 4.78 is 29.0. The molecule has 8 heteroatoms. The number of aromatic amines is 1. The van der Waals surface area contributed by atoms with Gasteiger partial charge in [0.2, 0.25) is 5.95 Å². The van der Waals surface area contributed by atoms with Gasteiger partial charge in [0.15, 0.2) is 0 Å². The molecule has 154 valence electrons. The molecule has 1 amide bonds. The van der Waals surface area contributed by atoms with Crippen molar-refractivity contribution in [3.63, 3.8) is 0 Å². The fourth-order valence-electron chi connectivity index (χ4n) is 3.88. The number of carbonyl (C=O) groups is 1. The van der Waals surface area contributed by atoms with Gasteiger partial charge in [-0.25, -0.2) is 13.8 Å². The predicted octanol–water partition coefficient (Wildman–Crippen LogP) is 4.97. The topological polar surface area (TPSA) is 69.8 Å². The molecule has 0 bridgehead atoms. The number of allylic oxidation sites excluding steroid dienone is 2. The second-order valence-corrected chi connectivity index (χ2v) is 8.17. The van der Waals surface area contributed by atoms with E-state index in [0.717, 1.165) is 25.7 Å². The number of H-pyrrole nitrogens is 1. The van der Waals surface area contributed by atoms with E-state index in [1.807, 2.05) is 0 Å². The fourth-order valence-corrected chi connectivity index (χ4v) is 4.11. The van der Waals surface area contributed by atoms with E-state index in [0.29, 0.717) is 21.6 Å². The van der Waals surface area contributed by atoms with E-state index >= 15 is 0 Å². The van der Waals surface area contributed by atoms with Crippen molar-refractivity contribution in [3.8, 4) is 0 Å². The number of hydrogen-bond donors (Lipinski definition) is 3. The lowest BCUT2D eigenvalue weighted by atomic mass is 9.95. The third-order valence-corrected chi connectivity index (χ3v) is 5.94. The highest BCUT2D eigenvalue weighted by molar-refractivity contribution is 6.30. The van der Waals surface area contributed by atoms with Gasteiger partial charge in [0.25, 0.3) is 5.91 Å². The molecule has 0 radical (unpaired) electrons. The zero-order valence-corrected chi connectivity index (χ0v) is 16.8. The standard InChI is InChI=1S/C21H23ClF2N4O/c1-11-7-8-14(22)19(18(11)24)28-21-26-16-9-13(15(23)10-17(16)27-21)20(29)25-12-5-3-2-4-6-12/h7-10,12,18-19H,2-6H2,1H3,(H,25,29)(H2,26,27,28). The van der Waals surface area contributed by atoms with Crippen molar-refractivity contribution in [2.24, 2.45) is 0 Å². The van der Waals surface area contributed by atoms with Crippen LogP contribution in [0.25, 0.3) is 11.0 Å². The highest BCUT2D eigenvalue weighted by atomic mass is 35.5. The van der Waals surface area contributed by atoms with Crippen molar-refractivity contribution in [2.45, 2.75) is 57.3 Å². The van der Waals surface area contributed by atoms with Crippen LogP contribution in [0.2, 0.25) is 0 Å². The molecule has 2 unspecified atom stereocenters. The van der Waals surface area contributed by atoms with Crippen molar-refractivity contribution in [2.75, 3.05) is 5.32 Å². The molecule has 1 aromatic carbocycles. The molecule has 2 atom stereocenters. The SMILES string of the molecule is CC1=CC=C(Cl)C(Nc2nc3cc(C(=O)NC4CCCCC4)c(F)cc3[nH]2)C1F. The molecular formula is C21H23ClF2N4O. The Balaban J connectivity index is 1.54. The highest BCUT2D eigenvalue weighted by Crippen LogP contribution is 2.28. The lowest BCUT2D eigenvalue weighted by Crippen LogP contribution is -2.36. The number of benzene rings is 1. The Labute approximate surface area is 172 Å². The van der Waals surface area contributed by atoms with Gasteiger partial charge in [-0.05, 0) is 37.5 Å². The highest BCUT2D eigenvalue weighted by Gasteiger charge is 2.29. The van der Waals surface area contributed by atoms with Gasteiger partial charge in [-0.2, -0.15) is 0 Å². The van der Waals surface area contributed by atoms with E-state index in [4.69, 9.17) is 11.6 Å². The molecule has 5 nitrogen and oxygen atoms in total. The van der Waals surface area contributed by atoms with Crippen LogP contribution in [0.1, 0.15) is 49.4 Å². The number of carbonyl (C=O) groups excluding carboxylic acids is 1. The normalized spacial score (nSPS) is 22.9. The molecule has 1 heterocycles. The number of alkyl halides is 1. The van der Waals surface area contributed by atoms with Crippen LogP contribution in [-0.4, -0.2) is 34.1 Å². The van der Waals surface area contributed by atoms with Gasteiger partial charge in [-0.1, -0.05) is 36.9 Å². The lowest BCUT2D eigenvalue weighted by Gasteiger charge is -2.25. The van der Waals surface area contributed by atoms with Crippen molar-refractivity contribution < 1.29 is 13.6 Å². The van der Waals surface area contributed by atoms with Crippen LogP contribution in [0.3, 0.4) is 0 Å². The number of halogens is 3. The molecule has 0 spiro atoms. The number of anilines is 1. The average Bonchev–Trinajstić information content (AvgIpc) is 3.09. The first-order valence-electron chi connectivity index (χ1n) is 9.87. The summed E-state index contributed by atoms with van der Waals surface area (Å²) in [6.07, 6.45) is 7.13. The summed E-state index contributed by atoms with van der Waals surface area (Å²) in [5, 5.41) is 6.17. The first kappa shape index (κ1) is 19.9. The Morgan fingerprint density at radius 2 is 2.00 bits per heavy atom. The number of rotatable bonds is 4. The van der Waals surface area contributed by atoms with E-state index < -0.39 is 23.9 Å². The molecule has 2 aliphatic carbocycles. The summed E-state index contributed by atoms with van der Waals surface area (Å²) >= 11 is 6.14. The maximum Gasteiger partial charge on any atom is 0.254 e. The number of aromatic nitrogens is 2. The van der Waals surface area contributed by atoms with Gasteiger partial charge in [0.1, 0.15) is 12.0 Å². The molecule has 1 aromatic heterocycles. The molecular weight excluding hydrogens is 398 g/mol. The minimum Gasteiger partial charge on any atom is -0.349 e. The van der Waals surface area contributed by atoms with Gasteiger partial charge in [-0.15, -0.1) is 0 Å². The van der Waals surface area contributed by atoms with Crippen LogP contribution in [0.4, 0.5) is 14.7 Å². The molecule has 3 N–H and O–H groups in total. The van der Waals surface area contributed by atoms with E-state index in [2.05, 4.69) is 20.6 Å². The van der Waals surface area contributed by atoms with E-state index in [-0.39, 0.29) is 17.6 Å². The van der Waals surface area contributed by atoms with Crippen LogP contribution >= 0.6 is 11.6 Å². The molecule has 2 aromatic rings. The molecule has 4 rings (SSSR count). The summed E-state index contributed by atoms with van der Waals surface area (Å²) in [6.45, 7) is 1.68. The number of fused-ring (bicyclic) bond motifs is 1. The van der Waals surface area contributed by atoms with Gasteiger partial charge in [0.05, 0.1) is 22.6 Å². The monoisotopic (exact) mass is 420 g/mol. The maximum absolute atomic E-state index is 14.5. The number of nitrogens with zero attached hydrogens (tertiary/aromatic N) is 1. The minimum atomic E-state index is -1.30.